The minimum atomic E-state index is 0.207. The van der Waals surface area contributed by atoms with Gasteiger partial charge in [0, 0.05) is 44.6 Å². The number of carbonyl (C=O) groups excluding carboxylic acids is 1. The second-order valence-electron chi connectivity index (χ2n) is 6.97. The van der Waals surface area contributed by atoms with Crippen LogP contribution >= 0.6 is 11.3 Å². The van der Waals surface area contributed by atoms with Crippen molar-refractivity contribution in [2.24, 2.45) is 11.8 Å². The molecule has 1 aliphatic carbocycles. The van der Waals surface area contributed by atoms with Crippen LogP contribution in [0.3, 0.4) is 0 Å². The lowest BCUT2D eigenvalue weighted by Gasteiger charge is -2.41. The molecule has 0 radical (unpaired) electrons. The molecule has 1 amide bonds. The highest BCUT2D eigenvalue weighted by molar-refractivity contribution is 7.08. The molecular formula is C17H24N2O2S. The first kappa shape index (κ1) is 14.7. The summed E-state index contributed by atoms with van der Waals surface area (Å²) >= 11 is 1.60. The van der Waals surface area contributed by atoms with E-state index in [1.54, 1.807) is 11.3 Å². The summed E-state index contributed by atoms with van der Waals surface area (Å²) in [6.45, 7) is 4.15. The van der Waals surface area contributed by atoms with Crippen molar-refractivity contribution < 1.29 is 9.53 Å². The second-order valence-corrected chi connectivity index (χ2v) is 7.75. The van der Waals surface area contributed by atoms with Crippen molar-refractivity contribution in [1.29, 1.82) is 0 Å². The number of hydrogen-bond acceptors (Lipinski definition) is 4. The summed E-state index contributed by atoms with van der Waals surface area (Å²) in [6, 6.07) is 2.27. The molecule has 3 heterocycles. The molecule has 4 nitrogen and oxygen atoms in total. The number of fused-ring (bicyclic) bond motifs is 1. The summed E-state index contributed by atoms with van der Waals surface area (Å²) in [6.07, 6.45) is 4.04. The lowest BCUT2D eigenvalue weighted by molar-refractivity contribution is -0.0156. The molecule has 0 bridgehead atoms. The van der Waals surface area contributed by atoms with E-state index in [2.05, 4.69) is 9.80 Å². The van der Waals surface area contributed by atoms with Crippen molar-refractivity contribution in [2.45, 2.75) is 31.4 Å². The number of rotatable bonds is 4. The Balaban J connectivity index is 1.52. The van der Waals surface area contributed by atoms with E-state index in [0.29, 0.717) is 18.1 Å². The summed E-state index contributed by atoms with van der Waals surface area (Å²) < 4.78 is 5.73. The second kappa shape index (κ2) is 5.95. The summed E-state index contributed by atoms with van der Waals surface area (Å²) in [4.78, 5) is 17.5. The molecule has 22 heavy (non-hydrogen) atoms. The highest BCUT2D eigenvalue weighted by Gasteiger charge is 2.46. The van der Waals surface area contributed by atoms with Crippen LogP contribution < -0.4 is 0 Å². The van der Waals surface area contributed by atoms with Gasteiger partial charge in [0.25, 0.3) is 5.91 Å². The van der Waals surface area contributed by atoms with E-state index in [-0.39, 0.29) is 5.91 Å². The molecule has 4 rings (SSSR count). The van der Waals surface area contributed by atoms with Gasteiger partial charge in [0.05, 0.1) is 17.7 Å². The summed E-state index contributed by atoms with van der Waals surface area (Å²) in [5.41, 5.74) is 0.847. The van der Waals surface area contributed by atoms with Gasteiger partial charge in [-0.2, -0.15) is 11.3 Å². The molecule has 2 aliphatic heterocycles. The highest BCUT2D eigenvalue weighted by atomic mass is 32.1. The van der Waals surface area contributed by atoms with Gasteiger partial charge < -0.3 is 14.5 Å². The van der Waals surface area contributed by atoms with Gasteiger partial charge in [-0.15, -0.1) is 0 Å². The number of likely N-dealkylation sites (tertiary alicyclic amines) is 2. The third kappa shape index (κ3) is 2.70. The number of carbonyl (C=O) groups is 1. The molecule has 0 aromatic carbocycles. The number of ether oxygens (including phenoxy) is 1. The maximum Gasteiger partial charge on any atom is 0.255 e. The summed E-state index contributed by atoms with van der Waals surface area (Å²) in [5, 5.41) is 3.96. The van der Waals surface area contributed by atoms with Gasteiger partial charge in [-0.1, -0.05) is 0 Å². The summed E-state index contributed by atoms with van der Waals surface area (Å²) in [7, 11) is 1.82. The zero-order valence-electron chi connectivity index (χ0n) is 13.1. The van der Waals surface area contributed by atoms with Crippen LogP contribution in [0, 0.1) is 11.8 Å². The van der Waals surface area contributed by atoms with Gasteiger partial charge in [0.15, 0.2) is 0 Å². The van der Waals surface area contributed by atoms with E-state index in [1.807, 2.05) is 23.9 Å². The smallest absolute Gasteiger partial charge is 0.255 e. The average molecular weight is 320 g/mol. The van der Waals surface area contributed by atoms with Crippen molar-refractivity contribution in [3.05, 3.63) is 22.4 Å². The Kier molecular flexibility index (Phi) is 3.96. The van der Waals surface area contributed by atoms with Gasteiger partial charge in [-0.3, -0.25) is 4.79 Å². The van der Waals surface area contributed by atoms with Gasteiger partial charge in [-0.05, 0) is 36.6 Å². The zero-order valence-corrected chi connectivity index (χ0v) is 13.9. The van der Waals surface area contributed by atoms with Crippen LogP contribution in [-0.2, 0) is 4.74 Å². The fraction of sp³-hybridized carbons (Fsp3) is 0.706. The average Bonchev–Trinajstić information content (AvgIpc) is 3.03. The van der Waals surface area contributed by atoms with E-state index in [4.69, 9.17) is 4.74 Å². The Morgan fingerprint density at radius 2 is 2.23 bits per heavy atom. The van der Waals surface area contributed by atoms with E-state index in [0.717, 1.165) is 37.5 Å². The Hall–Kier alpha value is -0.910. The number of hydrogen-bond donors (Lipinski definition) is 0. The number of amides is 1. The van der Waals surface area contributed by atoms with E-state index < -0.39 is 0 Å². The van der Waals surface area contributed by atoms with Crippen LogP contribution in [0.1, 0.15) is 29.6 Å². The molecule has 0 spiro atoms. The van der Waals surface area contributed by atoms with Crippen LogP contribution in [0.15, 0.2) is 16.8 Å². The van der Waals surface area contributed by atoms with Gasteiger partial charge in [-0.25, -0.2) is 0 Å². The Morgan fingerprint density at radius 1 is 1.36 bits per heavy atom. The minimum absolute atomic E-state index is 0.207. The molecule has 5 heteroatoms. The van der Waals surface area contributed by atoms with Crippen molar-refractivity contribution in [2.75, 3.05) is 33.3 Å². The van der Waals surface area contributed by atoms with Crippen molar-refractivity contribution in [3.63, 3.8) is 0 Å². The number of methoxy groups -OCH3 is 1. The van der Waals surface area contributed by atoms with Crippen molar-refractivity contribution in [3.8, 4) is 0 Å². The third-order valence-electron chi connectivity index (χ3n) is 5.49. The fourth-order valence-corrected chi connectivity index (χ4v) is 4.78. The Morgan fingerprint density at radius 3 is 2.91 bits per heavy atom. The molecule has 1 aromatic rings. The van der Waals surface area contributed by atoms with Crippen LogP contribution in [-0.4, -0.2) is 61.1 Å². The van der Waals surface area contributed by atoms with Crippen LogP contribution in [0.2, 0.25) is 0 Å². The number of piperidine rings is 1. The largest absolute Gasteiger partial charge is 0.381 e. The molecule has 120 valence electrons. The predicted octanol–water partition coefficient (Wildman–Crippen LogP) is 2.32. The van der Waals surface area contributed by atoms with Crippen molar-refractivity contribution >= 4 is 17.2 Å². The Bertz CT molecular complexity index is 529. The van der Waals surface area contributed by atoms with Crippen molar-refractivity contribution in [1.82, 2.24) is 9.80 Å². The zero-order chi connectivity index (χ0) is 15.1. The maximum atomic E-state index is 12.8. The quantitative estimate of drug-likeness (QED) is 0.853. The van der Waals surface area contributed by atoms with E-state index in [9.17, 15) is 4.79 Å². The molecule has 0 unspecified atom stereocenters. The summed E-state index contributed by atoms with van der Waals surface area (Å²) in [5.74, 6) is 1.58. The topological polar surface area (TPSA) is 32.8 Å². The predicted molar refractivity (Wildman–Crippen MR) is 87.2 cm³/mol. The molecular weight excluding hydrogens is 296 g/mol. The highest BCUT2D eigenvalue weighted by Crippen LogP contribution is 2.36. The monoisotopic (exact) mass is 320 g/mol. The molecule has 3 atom stereocenters. The number of nitrogens with zero attached hydrogens (tertiary/aromatic N) is 2. The SMILES string of the molecule is CO[C@@H]1CCN(C(=O)c2ccsc2)[C@@H]2CN(CC3CC3)C[C@@H]21. The van der Waals surface area contributed by atoms with Crippen LogP contribution in [0.5, 0.6) is 0 Å². The minimum Gasteiger partial charge on any atom is -0.381 e. The third-order valence-corrected chi connectivity index (χ3v) is 6.17. The molecule has 1 saturated carbocycles. The molecule has 3 aliphatic rings. The first-order valence-electron chi connectivity index (χ1n) is 8.34. The Labute approximate surface area is 136 Å². The van der Waals surface area contributed by atoms with E-state index >= 15 is 0 Å². The molecule has 1 aromatic heterocycles. The van der Waals surface area contributed by atoms with Gasteiger partial charge >= 0.3 is 0 Å². The van der Waals surface area contributed by atoms with E-state index in [1.165, 1.54) is 19.4 Å². The fourth-order valence-electron chi connectivity index (χ4n) is 4.15. The molecule has 0 N–H and O–H groups in total. The molecule has 3 fully saturated rings. The lowest BCUT2D eigenvalue weighted by atomic mass is 9.88. The number of thiophene rings is 1. The standard InChI is InChI=1S/C17H24N2O2S/c1-21-16-4-6-19(17(20)13-5-7-22-11-13)15-10-18(9-14(15)16)8-12-2-3-12/h5,7,11-12,14-16H,2-4,6,8-10H2,1H3/t14-,15+,16+/m0/s1. The molecule has 2 saturated heterocycles. The van der Waals surface area contributed by atoms with Gasteiger partial charge in [0.1, 0.15) is 0 Å². The lowest BCUT2D eigenvalue weighted by Crippen LogP contribution is -2.53. The normalized spacial score (nSPS) is 32.2. The maximum absolute atomic E-state index is 12.8. The first-order chi connectivity index (χ1) is 10.8. The first-order valence-corrected chi connectivity index (χ1v) is 9.29. The van der Waals surface area contributed by atoms with Gasteiger partial charge in [0.2, 0.25) is 0 Å². The van der Waals surface area contributed by atoms with Crippen LogP contribution in [0.4, 0.5) is 0 Å². The van der Waals surface area contributed by atoms with Crippen LogP contribution in [0.25, 0.3) is 0 Å².